The third kappa shape index (κ3) is 5.32. The average molecular weight is 333 g/mol. The number of benzene rings is 1. The van der Waals surface area contributed by atoms with Gasteiger partial charge in [-0.1, -0.05) is 29.8 Å². The highest BCUT2D eigenvalue weighted by Crippen LogP contribution is 2.21. The summed E-state index contributed by atoms with van der Waals surface area (Å²) in [6.07, 6.45) is 1.03. The molecule has 1 heterocycles. The van der Waals surface area contributed by atoms with Crippen LogP contribution in [-0.2, 0) is 20.9 Å². The van der Waals surface area contributed by atoms with Gasteiger partial charge in [0.1, 0.15) is 6.04 Å². The van der Waals surface area contributed by atoms with Crippen molar-refractivity contribution in [2.75, 3.05) is 33.4 Å². The Morgan fingerprint density at radius 3 is 2.71 bits per heavy atom. The van der Waals surface area contributed by atoms with Crippen molar-refractivity contribution in [3.8, 4) is 0 Å². The highest BCUT2D eigenvalue weighted by Gasteiger charge is 2.35. The van der Waals surface area contributed by atoms with Gasteiger partial charge in [0.15, 0.2) is 0 Å². The molecule has 6 nitrogen and oxygen atoms in total. The van der Waals surface area contributed by atoms with Crippen LogP contribution in [0.4, 0.5) is 0 Å². The second-order valence-corrected chi connectivity index (χ2v) is 6.10. The number of carbonyl (C=O) groups excluding carboxylic acids is 2. The lowest BCUT2D eigenvalue weighted by molar-refractivity contribution is -0.135. The van der Waals surface area contributed by atoms with Crippen LogP contribution in [0, 0.1) is 6.92 Å². The molecule has 0 bridgehead atoms. The molecule has 1 atom stereocenters. The number of nitrogens with zero attached hydrogens (tertiary/aromatic N) is 1. The Kier molecular flexibility index (Phi) is 7.21. The lowest BCUT2D eigenvalue weighted by Gasteiger charge is -2.24. The summed E-state index contributed by atoms with van der Waals surface area (Å²) >= 11 is 0. The van der Waals surface area contributed by atoms with Gasteiger partial charge in [-0.05, 0) is 18.9 Å². The zero-order valence-electron chi connectivity index (χ0n) is 14.5. The quantitative estimate of drug-likeness (QED) is 0.657. The van der Waals surface area contributed by atoms with Crippen LogP contribution in [0.1, 0.15) is 24.0 Å². The Morgan fingerprint density at radius 2 is 2.00 bits per heavy atom. The standard InChI is InChI=1S/C18H27N3O3/c1-14-3-5-15(6-4-14)13-21-16(7-8-17(21)22)18(23)20-10-9-19-11-12-24-2/h3-6,16,19H,7-13H2,1-2H3,(H,20,23). The fourth-order valence-corrected chi connectivity index (χ4v) is 2.79. The Labute approximate surface area is 143 Å². The number of hydrogen-bond acceptors (Lipinski definition) is 4. The molecule has 6 heteroatoms. The Hall–Kier alpha value is -1.92. The molecule has 1 aliphatic rings. The minimum atomic E-state index is -0.363. The Balaban J connectivity index is 1.82. The van der Waals surface area contributed by atoms with E-state index in [1.807, 2.05) is 31.2 Å². The fraction of sp³-hybridized carbons (Fsp3) is 0.556. The SMILES string of the molecule is COCCNCCNC(=O)C1CCC(=O)N1Cc1ccc(C)cc1. The molecule has 2 amide bonds. The van der Waals surface area contributed by atoms with Crippen molar-refractivity contribution in [3.05, 3.63) is 35.4 Å². The van der Waals surface area contributed by atoms with E-state index in [1.54, 1.807) is 12.0 Å². The third-order valence-corrected chi connectivity index (χ3v) is 4.19. The molecule has 1 unspecified atom stereocenters. The molecule has 0 saturated carbocycles. The number of nitrogens with one attached hydrogen (secondary N) is 2. The molecule has 0 aromatic heterocycles. The van der Waals surface area contributed by atoms with E-state index in [2.05, 4.69) is 10.6 Å². The van der Waals surface area contributed by atoms with Crippen molar-refractivity contribution < 1.29 is 14.3 Å². The second-order valence-electron chi connectivity index (χ2n) is 6.10. The zero-order chi connectivity index (χ0) is 17.4. The van der Waals surface area contributed by atoms with Crippen LogP contribution in [0.3, 0.4) is 0 Å². The van der Waals surface area contributed by atoms with Crippen LogP contribution >= 0.6 is 0 Å². The summed E-state index contributed by atoms with van der Waals surface area (Å²) in [4.78, 5) is 26.2. The lowest BCUT2D eigenvalue weighted by atomic mass is 10.1. The summed E-state index contributed by atoms with van der Waals surface area (Å²) in [6.45, 7) is 5.16. The van der Waals surface area contributed by atoms with E-state index in [9.17, 15) is 9.59 Å². The van der Waals surface area contributed by atoms with E-state index in [4.69, 9.17) is 4.74 Å². The maximum atomic E-state index is 12.4. The molecule has 24 heavy (non-hydrogen) atoms. The smallest absolute Gasteiger partial charge is 0.242 e. The van der Waals surface area contributed by atoms with Crippen LogP contribution in [0.15, 0.2) is 24.3 Å². The van der Waals surface area contributed by atoms with Gasteiger partial charge in [0, 0.05) is 39.7 Å². The number of rotatable bonds is 9. The summed E-state index contributed by atoms with van der Waals surface area (Å²) in [7, 11) is 1.66. The van der Waals surface area contributed by atoms with Gasteiger partial charge in [0.2, 0.25) is 11.8 Å². The number of aryl methyl sites for hydroxylation is 1. The van der Waals surface area contributed by atoms with E-state index in [-0.39, 0.29) is 17.9 Å². The summed E-state index contributed by atoms with van der Waals surface area (Å²) in [5.41, 5.74) is 2.23. The molecule has 2 rings (SSSR count). The van der Waals surface area contributed by atoms with E-state index < -0.39 is 0 Å². The summed E-state index contributed by atoms with van der Waals surface area (Å²) in [5, 5.41) is 6.09. The van der Waals surface area contributed by atoms with Gasteiger partial charge in [-0.2, -0.15) is 0 Å². The molecule has 0 spiro atoms. The van der Waals surface area contributed by atoms with E-state index in [0.29, 0.717) is 39.1 Å². The Morgan fingerprint density at radius 1 is 1.25 bits per heavy atom. The van der Waals surface area contributed by atoms with Gasteiger partial charge in [-0.25, -0.2) is 0 Å². The molecule has 1 aromatic carbocycles. The highest BCUT2D eigenvalue weighted by atomic mass is 16.5. The highest BCUT2D eigenvalue weighted by molar-refractivity contribution is 5.90. The molecule has 132 valence electrons. The maximum Gasteiger partial charge on any atom is 0.242 e. The van der Waals surface area contributed by atoms with Crippen molar-refractivity contribution in [1.82, 2.24) is 15.5 Å². The number of ether oxygens (including phenoxy) is 1. The first-order chi connectivity index (χ1) is 11.6. The summed E-state index contributed by atoms with van der Waals surface area (Å²) in [5.74, 6) is -0.0181. The molecular formula is C18H27N3O3. The first-order valence-corrected chi connectivity index (χ1v) is 8.44. The molecular weight excluding hydrogens is 306 g/mol. The van der Waals surface area contributed by atoms with Crippen molar-refractivity contribution in [3.63, 3.8) is 0 Å². The monoisotopic (exact) mass is 333 g/mol. The number of carbonyl (C=O) groups is 2. The average Bonchev–Trinajstić information content (AvgIpc) is 2.94. The number of likely N-dealkylation sites (tertiary alicyclic amines) is 1. The molecule has 0 radical (unpaired) electrons. The topological polar surface area (TPSA) is 70.7 Å². The van der Waals surface area contributed by atoms with E-state index in [0.717, 1.165) is 12.1 Å². The normalized spacial score (nSPS) is 17.3. The van der Waals surface area contributed by atoms with Crippen molar-refractivity contribution >= 4 is 11.8 Å². The minimum Gasteiger partial charge on any atom is -0.383 e. The summed E-state index contributed by atoms with van der Waals surface area (Å²) in [6, 6.07) is 7.70. The predicted octanol–water partition coefficient (Wildman–Crippen LogP) is 0.838. The van der Waals surface area contributed by atoms with Gasteiger partial charge >= 0.3 is 0 Å². The predicted molar refractivity (Wildman–Crippen MR) is 92.5 cm³/mol. The number of hydrogen-bond donors (Lipinski definition) is 2. The van der Waals surface area contributed by atoms with Crippen molar-refractivity contribution in [1.29, 1.82) is 0 Å². The van der Waals surface area contributed by atoms with Crippen molar-refractivity contribution in [2.45, 2.75) is 32.4 Å². The fourth-order valence-electron chi connectivity index (χ4n) is 2.79. The Bertz CT molecular complexity index is 545. The molecule has 1 saturated heterocycles. The largest absolute Gasteiger partial charge is 0.383 e. The van der Waals surface area contributed by atoms with Crippen LogP contribution in [-0.4, -0.2) is 56.1 Å². The van der Waals surface area contributed by atoms with E-state index in [1.165, 1.54) is 5.56 Å². The second kappa shape index (κ2) is 9.39. The maximum absolute atomic E-state index is 12.4. The first-order valence-electron chi connectivity index (χ1n) is 8.44. The van der Waals surface area contributed by atoms with Crippen LogP contribution in [0.5, 0.6) is 0 Å². The van der Waals surface area contributed by atoms with Gasteiger partial charge in [-0.3, -0.25) is 9.59 Å². The van der Waals surface area contributed by atoms with Gasteiger partial charge in [0.25, 0.3) is 0 Å². The van der Waals surface area contributed by atoms with Crippen LogP contribution in [0.25, 0.3) is 0 Å². The minimum absolute atomic E-state index is 0.0499. The zero-order valence-corrected chi connectivity index (χ0v) is 14.5. The summed E-state index contributed by atoms with van der Waals surface area (Å²) < 4.78 is 4.95. The van der Waals surface area contributed by atoms with E-state index >= 15 is 0 Å². The molecule has 0 aliphatic carbocycles. The molecule has 1 aliphatic heterocycles. The number of amides is 2. The van der Waals surface area contributed by atoms with Crippen LogP contribution in [0.2, 0.25) is 0 Å². The van der Waals surface area contributed by atoms with Crippen LogP contribution < -0.4 is 10.6 Å². The molecule has 2 N–H and O–H groups in total. The van der Waals surface area contributed by atoms with Gasteiger partial charge < -0.3 is 20.3 Å². The molecule has 1 fully saturated rings. The van der Waals surface area contributed by atoms with Gasteiger partial charge in [-0.15, -0.1) is 0 Å². The molecule has 1 aromatic rings. The lowest BCUT2D eigenvalue weighted by Crippen LogP contribution is -2.46. The van der Waals surface area contributed by atoms with Gasteiger partial charge in [0.05, 0.1) is 6.61 Å². The van der Waals surface area contributed by atoms with Crippen molar-refractivity contribution in [2.24, 2.45) is 0 Å². The number of methoxy groups -OCH3 is 1. The first kappa shape index (κ1) is 18.4. The third-order valence-electron chi connectivity index (χ3n) is 4.19.